The Kier molecular flexibility index (Phi) is 5.80. The summed E-state index contributed by atoms with van der Waals surface area (Å²) >= 11 is 0. The van der Waals surface area contributed by atoms with E-state index >= 15 is 0 Å². The molecular weight excluding hydrogens is 837 g/mol. The van der Waals surface area contributed by atoms with Crippen LogP contribution >= 0.6 is 0 Å². The molecule has 7 heteroatoms. The first-order valence-electron chi connectivity index (χ1n) is 27.5. The summed E-state index contributed by atoms with van der Waals surface area (Å²) in [5.41, 5.74) is 29.4. The third kappa shape index (κ3) is 3.00. The average Bonchev–Trinajstić information content (AvgIpc) is 4.12. The molecule has 0 aromatic heterocycles. The lowest BCUT2D eigenvalue weighted by Crippen LogP contribution is -2.57. The third-order valence-electron chi connectivity index (χ3n) is 24.6. The fraction of sp³-hybridized carbons (Fsp3) is 0.607. The summed E-state index contributed by atoms with van der Waals surface area (Å²) < 4.78 is 21.3. The van der Waals surface area contributed by atoms with E-state index in [1.54, 1.807) is 0 Å². The van der Waals surface area contributed by atoms with E-state index in [0.717, 1.165) is 97.6 Å². The molecule has 1 aliphatic heterocycles. The summed E-state index contributed by atoms with van der Waals surface area (Å²) in [5.74, 6) is 11.6. The molecule has 0 amide bonds. The van der Waals surface area contributed by atoms with Crippen molar-refractivity contribution in [2.24, 2.45) is 81.3 Å². The molecule has 68 heavy (non-hydrogen) atoms. The standard InChI is InChI=1S/C61H64N4O3/c1-62(2)15-8-18-66-34-14-13-27(53(67-19-9-16-63(3)4)54(34)68-20-10-17-64(5)6)57-61-56-33-23-32-31-22-30-29-21-28-25-11-12-26-41-35(25)43-36(28)37(29)44-38(30)39(31)45-40(32)42(33)52-50-48(45)46(44)47(43)49(50)51(41)59(60(52,56)61)55(26)58(59,61)24-65(57)7/h13-14,21-22,28,31-33,36-40,42,55-57H,8-12,15-20,23-24H2,1-7H3/t28?,31-,32?,33-,36?,37?,38?,39?,40?,42?,55?,56+,57?,58-,59?,60?,61?/m0/s1. The fourth-order valence-corrected chi connectivity index (χ4v) is 24.6. The number of nitrogens with zero attached hydrogens (tertiary/aromatic N) is 4. The maximum absolute atomic E-state index is 7.36. The van der Waals surface area contributed by atoms with Crippen LogP contribution in [-0.2, 0) is 5.41 Å². The first kappa shape index (κ1) is 37.0. The van der Waals surface area contributed by atoms with Gasteiger partial charge in [0, 0.05) is 89.0 Å². The van der Waals surface area contributed by atoms with Gasteiger partial charge in [0.05, 0.1) is 19.8 Å². The number of fused-ring (bicyclic) bond motifs is 5. The number of likely N-dealkylation sites (tertiary alicyclic amines) is 1. The third-order valence-corrected chi connectivity index (χ3v) is 24.6. The number of rotatable bonds is 16. The van der Waals surface area contributed by atoms with Crippen LogP contribution in [0.15, 0.2) is 57.7 Å². The fourth-order valence-electron chi connectivity index (χ4n) is 24.6. The number of hydrogen-bond donors (Lipinski definition) is 0. The summed E-state index contributed by atoms with van der Waals surface area (Å²) in [4.78, 5) is 9.77. The molecular formula is C61H64N4O3. The van der Waals surface area contributed by atoms with Gasteiger partial charge in [0.25, 0.3) is 0 Å². The Bertz CT molecular complexity index is 3350. The lowest BCUT2D eigenvalue weighted by molar-refractivity contribution is 0.0520. The van der Waals surface area contributed by atoms with Crippen LogP contribution in [0.25, 0.3) is 22.3 Å². The predicted octanol–water partition coefficient (Wildman–Crippen LogP) is 6.78. The van der Waals surface area contributed by atoms with Crippen LogP contribution in [0.2, 0.25) is 0 Å². The zero-order valence-corrected chi connectivity index (χ0v) is 41.0. The van der Waals surface area contributed by atoms with Gasteiger partial charge in [-0.1, -0.05) is 28.9 Å². The zero-order chi connectivity index (χ0) is 44.5. The molecule has 0 N–H and O–H groups in total. The monoisotopic (exact) mass is 900 g/mol. The van der Waals surface area contributed by atoms with Gasteiger partial charge in [-0.15, -0.1) is 0 Å². The molecule has 346 valence electrons. The molecule has 0 bridgehead atoms. The highest BCUT2D eigenvalue weighted by atomic mass is 16.5. The van der Waals surface area contributed by atoms with E-state index in [1.807, 2.05) is 82.8 Å². The quantitative estimate of drug-likeness (QED) is 0.172. The van der Waals surface area contributed by atoms with Crippen molar-refractivity contribution < 1.29 is 14.2 Å². The van der Waals surface area contributed by atoms with E-state index in [4.69, 9.17) is 14.2 Å². The van der Waals surface area contributed by atoms with Crippen LogP contribution in [0.3, 0.4) is 0 Å². The lowest BCUT2D eigenvalue weighted by Gasteiger charge is -2.56. The van der Waals surface area contributed by atoms with Crippen molar-refractivity contribution in [3.05, 3.63) is 96.0 Å². The molecule has 20 rings (SSSR count). The van der Waals surface area contributed by atoms with Crippen molar-refractivity contribution in [1.29, 1.82) is 0 Å². The van der Waals surface area contributed by atoms with Gasteiger partial charge in [0.2, 0.25) is 5.75 Å². The summed E-state index contributed by atoms with van der Waals surface area (Å²) in [6, 6.07) is 5.13. The van der Waals surface area contributed by atoms with E-state index in [-0.39, 0.29) is 10.8 Å². The maximum atomic E-state index is 7.36. The van der Waals surface area contributed by atoms with E-state index in [0.29, 0.717) is 66.3 Å². The van der Waals surface area contributed by atoms with Crippen LogP contribution in [0, 0.1) is 81.3 Å². The molecule has 0 radical (unpaired) electrons. The minimum absolute atomic E-state index is 0.222. The lowest BCUT2D eigenvalue weighted by atomic mass is 9.45. The van der Waals surface area contributed by atoms with Crippen LogP contribution < -0.4 is 24.6 Å². The van der Waals surface area contributed by atoms with Crippen LogP contribution in [0.5, 0.6) is 17.2 Å². The zero-order valence-electron chi connectivity index (χ0n) is 41.0. The number of hydrogen-bond acceptors (Lipinski definition) is 7. The molecule has 1 heterocycles. The minimum Gasteiger partial charge on any atom is -0.489 e. The van der Waals surface area contributed by atoms with Crippen LogP contribution in [-0.4, -0.2) is 115 Å². The molecule has 7 saturated carbocycles. The van der Waals surface area contributed by atoms with Crippen molar-refractivity contribution in [3.63, 3.8) is 0 Å². The Labute approximate surface area is 400 Å². The van der Waals surface area contributed by atoms with Crippen molar-refractivity contribution >= 4 is 22.3 Å². The molecule has 8 fully saturated rings. The van der Waals surface area contributed by atoms with Crippen molar-refractivity contribution in [1.82, 2.24) is 19.6 Å². The van der Waals surface area contributed by atoms with Gasteiger partial charge in [0.1, 0.15) is 0 Å². The summed E-state index contributed by atoms with van der Waals surface area (Å²) in [7, 11) is 15.6. The number of benzene rings is 2. The van der Waals surface area contributed by atoms with Crippen molar-refractivity contribution in [2.75, 3.05) is 95.3 Å². The highest BCUT2D eigenvalue weighted by Crippen LogP contribution is 3.19. The van der Waals surface area contributed by atoms with Gasteiger partial charge in [0.15, 0.2) is 11.5 Å². The maximum Gasteiger partial charge on any atom is 0.203 e. The van der Waals surface area contributed by atoms with Crippen LogP contribution in [0.4, 0.5) is 0 Å². The molecule has 17 aliphatic carbocycles. The first-order valence-corrected chi connectivity index (χ1v) is 27.5. The topological polar surface area (TPSA) is 40.6 Å². The molecule has 4 spiro atoms. The Morgan fingerprint density at radius 3 is 2.18 bits per heavy atom. The molecule has 2 aromatic rings. The molecule has 1 saturated heterocycles. The Hall–Kier alpha value is -3.88. The van der Waals surface area contributed by atoms with E-state index in [1.165, 1.54) is 31.4 Å². The second kappa shape index (κ2) is 10.7. The van der Waals surface area contributed by atoms with E-state index < -0.39 is 0 Å². The van der Waals surface area contributed by atoms with Crippen molar-refractivity contribution in [2.45, 2.75) is 55.9 Å². The number of ether oxygens (including phenoxy) is 3. The predicted molar refractivity (Wildman–Crippen MR) is 261 cm³/mol. The summed E-state index contributed by atoms with van der Waals surface area (Å²) in [6.07, 6.45) is 12.9. The van der Waals surface area contributed by atoms with Crippen molar-refractivity contribution in [3.8, 4) is 17.2 Å². The Morgan fingerprint density at radius 2 is 1.40 bits per heavy atom. The SMILES string of the molecule is CN(C)CCCOc1ccc(C2N(C)C[C@@]34C5C6=c7c8c9c%10c%11c7=C(CC6)C6C=C7C%12=C[C@H]%13C%14C[C@H]%15C%16C(=C9C9=C(C%14%16)C%13C%12C(=C9%10)C7C%116)C6([C@@H]%15C263)C854)c(OCCCN(C)C)c1OCCCN(C)C. The smallest absolute Gasteiger partial charge is 0.203 e. The van der Waals surface area contributed by atoms with Gasteiger partial charge < -0.3 is 28.9 Å². The largest absolute Gasteiger partial charge is 0.489 e. The molecule has 2 aromatic carbocycles. The summed E-state index contributed by atoms with van der Waals surface area (Å²) in [5, 5.41) is 3.74. The highest BCUT2D eigenvalue weighted by molar-refractivity contribution is 6.19. The number of allylic oxidation sites excluding steroid dienone is 10. The Morgan fingerprint density at radius 1 is 0.676 bits per heavy atom. The van der Waals surface area contributed by atoms with Crippen LogP contribution in [0.1, 0.15) is 78.3 Å². The second-order valence-electron chi connectivity index (χ2n) is 26.8. The molecule has 7 nitrogen and oxygen atoms in total. The average molecular weight is 901 g/mol. The van der Waals surface area contributed by atoms with E-state index in [2.05, 4.69) is 98.8 Å². The molecule has 13 unspecified atom stereocenters. The minimum atomic E-state index is 0.222. The van der Waals surface area contributed by atoms with Gasteiger partial charge in [-0.25, -0.2) is 0 Å². The first-order chi connectivity index (χ1) is 33.2. The van der Waals surface area contributed by atoms with Gasteiger partial charge in [-0.3, -0.25) is 4.90 Å². The summed E-state index contributed by atoms with van der Waals surface area (Å²) in [6.45, 7) is 6.21. The molecule has 18 aliphatic rings. The van der Waals surface area contributed by atoms with Gasteiger partial charge in [-0.2, -0.15) is 0 Å². The van der Waals surface area contributed by atoms with Gasteiger partial charge in [-0.05, 0) is 213 Å². The molecule has 17 atom stereocenters. The highest BCUT2D eigenvalue weighted by Gasteiger charge is 3.19. The van der Waals surface area contributed by atoms with Gasteiger partial charge >= 0.3 is 0 Å². The Balaban J connectivity index is 0.840. The van der Waals surface area contributed by atoms with E-state index in [9.17, 15) is 0 Å². The second-order valence-corrected chi connectivity index (χ2v) is 26.8. The normalized spacial score (nSPS) is 46.2.